The summed E-state index contributed by atoms with van der Waals surface area (Å²) in [5, 5.41) is 13.9. The molecule has 2 heterocycles. The lowest BCUT2D eigenvalue weighted by atomic mass is 10.1. The molecule has 0 atom stereocenters. The Morgan fingerprint density at radius 2 is 1.93 bits per heavy atom. The zero-order valence-corrected chi connectivity index (χ0v) is 17.0. The number of aromatic amines is 1. The van der Waals surface area contributed by atoms with Gasteiger partial charge in [-0.25, -0.2) is 0 Å². The average Bonchev–Trinajstić information content (AvgIpc) is 3.26. The second kappa shape index (κ2) is 8.06. The topological polar surface area (TPSA) is 86.9 Å². The maximum Gasteiger partial charge on any atom is 0.265 e. The maximum absolute atomic E-state index is 12.5. The number of rotatable bonds is 5. The molecule has 0 aliphatic rings. The molecule has 146 valence electrons. The van der Waals surface area contributed by atoms with Gasteiger partial charge in [0.1, 0.15) is 4.83 Å². The van der Waals surface area contributed by atoms with Crippen LogP contribution in [0, 0.1) is 6.92 Å². The molecule has 0 unspecified atom stereocenters. The van der Waals surface area contributed by atoms with Gasteiger partial charge in [-0.2, -0.15) is 5.10 Å². The van der Waals surface area contributed by atoms with Gasteiger partial charge >= 0.3 is 0 Å². The molecule has 29 heavy (non-hydrogen) atoms. The molecule has 6 nitrogen and oxygen atoms in total. The third-order valence-corrected chi connectivity index (χ3v) is 5.71. The fraction of sp³-hybridized carbons (Fsp3) is 0.0952. The Kier molecular flexibility index (Phi) is 5.33. The van der Waals surface area contributed by atoms with Crippen LogP contribution < -0.4 is 10.6 Å². The minimum Gasteiger partial charge on any atom is -0.321 e. The van der Waals surface area contributed by atoms with Gasteiger partial charge < -0.3 is 10.6 Å². The van der Waals surface area contributed by atoms with E-state index in [1.807, 2.05) is 31.2 Å². The summed E-state index contributed by atoms with van der Waals surface area (Å²) in [7, 11) is 0. The Morgan fingerprint density at radius 1 is 1.10 bits per heavy atom. The second-order valence-electron chi connectivity index (χ2n) is 6.54. The van der Waals surface area contributed by atoms with E-state index >= 15 is 0 Å². The summed E-state index contributed by atoms with van der Waals surface area (Å²) in [5.74, 6) is -0.000442. The smallest absolute Gasteiger partial charge is 0.265 e. The van der Waals surface area contributed by atoms with Crippen LogP contribution in [0.5, 0.6) is 0 Å². The molecule has 0 aliphatic heterocycles. The molecule has 0 bridgehead atoms. The average molecular weight is 425 g/mol. The molecule has 0 fully saturated rings. The summed E-state index contributed by atoms with van der Waals surface area (Å²) >= 11 is 7.22. The normalized spacial score (nSPS) is 10.8. The van der Waals surface area contributed by atoms with Crippen LogP contribution >= 0.6 is 22.9 Å². The van der Waals surface area contributed by atoms with E-state index in [1.54, 1.807) is 30.3 Å². The van der Waals surface area contributed by atoms with Gasteiger partial charge in [0.25, 0.3) is 5.91 Å². The lowest BCUT2D eigenvalue weighted by Crippen LogP contribution is -2.15. The first kappa shape index (κ1) is 19.2. The number of aromatic nitrogens is 2. The highest BCUT2D eigenvalue weighted by molar-refractivity contribution is 7.20. The summed E-state index contributed by atoms with van der Waals surface area (Å²) in [4.78, 5) is 26.2. The van der Waals surface area contributed by atoms with Crippen molar-refractivity contribution in [3.05, 3.63) is 75.6 Å². The van der Waals surface area contributed by atoms with Crippen molar-refractivity contribution in [3.8, 4) is 0 Å². The van der Waals surface area contributed by atoms with Gasteiger partial charge in [0, 0.05) is 10.7 Å². The lowest BCUT2D eigenvalue weighted by Gasteiger charge is -2.05. The van der Waals surface area contributed by atoms with E-state index in [-0.39, 0.29) is 18.2 Å². The van der Waals surface area contributed by atoms with Crippen molar-refractivity contribution < 1.29 is 9.59 Å². The molecule has 8 heteroatoms. The largest absolute Gasteiger partial charge is 0.321 e. The Balaban J connectivity index is 1.49. The third-order valence-electron chi connectivity index (χ3n) is 4.43. The molecule has 2 aromatic carbocycles. The van der Waals surface area contributed by atoms with Crippen LogP contribution in [0.15, 0.2) is 54.6 Å². The minimum absolute atomic E-state index is 0.163. The highest BCUT2D eigenvalue weighted by Gasteiger charge is 2.17. The maximum atomic E-state index is 12.5. The van der Waals surface area contributed by atoms with E-state index in [2.05, 4.69) is 20.8 Å². The van der Waals surface area contributed by atoms with Gasteiger partial charge in [-0.1, -0.05) is 41.9 Å². The SMILES string of the molecule is Cc1ccccc1CC(=O)Nc1n[nH]c2sc(C(=O)Nc3cccc(Cl)c3)cc12. The molecule has 0 spiro atoms. The summed E-state index contributed by atoms with van der Waals surface area (Å²) in [6.45, 7) is 1.97. The number of aryl methyl sites for hydroxylation is 1. The van der Waals surface area contributed by atoms with Crippen molar-refractivity contribution in [1.29, 1.82) is 0 Å². The lowest BCUT2D eigenvalue weighted by molar-refractivity contribution is -0.115. The van der Waals surface area contributed by atoms with Gasteiger partial charge in [0.05, 0.1) is 16.7 Å². The molecule has 0 saturated heterocycles. The van der Waals surface area contributed by atoms with E-state index in [4.69, 9.17) is 11.6 Å². The predicted molar refractivity (Wildman–Crippen MR) is 117 cm³/mol. The standard InChI is InChI=1S/C21H17ClN4O2S/c1-12-5-2-3-6-13(12)9-18(27)24-19-16-11-17(29-21(16)26-25-19)20(28)23-15-8-4-7-14(22)10-15/h2-8,10-11H,9H2,1H3,(H,23,28)(H2,24,25,26,27). The van der Waals surface area contributed by atoms with Crippen LogP contribution in [-0.2, 0) is 11.2 Å². The van der Waals surface area contributed by atoms with Crippen molar-refractivity contribution in [2.75, 3.05) is 10.6 Å². The van der Waals surface area contributed by atoms with E-state index in [0.29, 0.717) is 31.6 Å². The molecule has 4 aromatic rings. The fourth-order valence-electron chi connectivity index (χ4n) is 2.94. The van der Waals surface area contributed by atoms with E-state index in [0.717, 1.165) is 11.1 Å². The van der Waals surface area contributed by atoms with Crippen LogP contribution in [-0.4, -0.2) is 22.0 Å². The van der Waals surface area contributed by atoms with E-state index < -0.39 is 0 Å². The molecular formula is C21H17ClN4O2S. The van der Waals surface area contributed by atoms with Crippen LogP contribution in [0.4, 0.5) is 11.5 Å². The second-order valence-corrected chi connectivity index (χ2v) is 8.03. The van der Waals surface area contributed by atoms with Crippen molar-refractivity contribution >= 4 is 56.5 Å². The highest BCUT2D eigenvalue weighted by atomic mass is 35.5. The van der Waals surface area contributed by atoms with Gasteiger partial charge in [-0.3, -0.25) is 14.7 Å². The number of hydrogen-bond donors (Lipinski definition) is 3. The highest BCUT2D eigenvalue weighted by Crippen LogP contribution is 2.30. The van der Waals surface area contributed by atoms with Gasteiger partial charge in [0.15, 0.2) is 5.82 Å². The first-order valence-corrected chi connectivity index (χ1v) is 10.1. The Morgan fingerprint density at radius 3 is 2.72 bits per heavy atom. The molecule has 0 saturated carbocycles. The first-order valence-electron chi connectivity index (χ1n) is 8.89. The van der Waals surface area contributed by atoms with Crippen LogP contribution in [0.1, 0.15) is 20.8 Å². The van der Waals surface area contributed by atoms with Crippen LogP contribution in [0.3, 0.4) is 0 Å². The minimum atomic E-state index is -0.251. The number of amides is 2. The van der Waals surface area contributed by atoms with Crippen molar-refractivity contribution in [2.24, 2.45) is 0 Å². The number of benzene rings is 2. The Labute approximate surface area is 175 Å². The quantitative estimate of drug-likeness (QED) is 0.420. The summed E-state index contributed by atoms with van der Waals surface area (Å²) in [6, 6.07) is 16.4. The Hall–Kier alpha value is -3.16. The summed E-state index contributed by atoms with van der Waals surface area (Å²) in [5.41, 5.74) is 2.64. The van der Waals surface area contributed by atoms with Crippen LogP contribution in [0.2, 0.25) is 5.02 Å². The molecule has 2 aromatic heterocycles. The van der Waals surface area contributed by atoms with Gasteiger partial charge in [-0.15, -0.1) is 11.3 Å². The first-order chi connectivity index (χ1) is 14.0. The van der Waals surface area contributed by atoms with E-state index in [9.17, 15) is 9.59 Å². The number of halogens is 1. The summed E-state index contributed by atoms with van der Waals surface area (Å²) < 4.78 is 0. The number of hydrogen-bond acceptors (Lipinski definition) is 4. The number of nitrogens with zero attached hydrogens (tertiary/aromatic N) is 1. The molecule has 3 N–H and O–H groups in total. The number of anilines is 2. The van der Waals surface area contributed by atoms with Crippen molar-refractivity contribution in [3.63, 3.8) is 0 Å². The monoisotopic (exact) mass is 424 g/mol. The Bertz CT molecular complexity index is 1210. The van der Waals surface area contributed by atoms with Crippen molar-refractivity contribution in [2.45, 2.75) is 13.3 Å². The van der Waals surface area contributed by atoms with Crippen molar-refractivity contribution in [1.82, 2.24) is 10.2 Å². The summed E-state index contributed by atoms with van der Waals surface area (Å²) in [6.07, 6.45) is 0.257. The predicted octanol–water partition coefficient (Wildman–Crippen LogP) is 5.02. The zero-order chi connectivity index (χ0) is 20.4. The van der Waals surface area contributed by atoms with Gasteiger partial charge in [-0.05, 0) is 42.3 Å². The molecule has 4 rings (SSSR count). The molecular weight excluding hydrogens is 408 g/mol. The van der Waals surface area contributed by atoms with E-state index in [1.165, 1.54) is 11.3 Å². The molecule has 2 amide bonds. The third kappa shape index (κ3) is 4.31. The fourth-order valence-corrected chi connectivity index (χ4v) is 4.03. The number of carbonyl (C=O) groups excluding carboxylic acids is 2. The number of fused-ring (bicyclic) bond motifs is 1. The number of H-pyrrole nitrogens is 1. The number of nitrogens with one attached hydrogen (secondary N) is 3. The number of carbonyl (C=O) groups is 2. The molecule has 0 radical (unpaired) electrons. The van der Waals surface area contributed by atoms with Gasteiger partial charge in [0.2, 0.25) is 5.91 Å². The number of thiophene rings is 1. The van der Waals surface area contributed by atoms with Crippen LogP contribution in [0.25, 0.3) is 10.2 Å². The zero-order valence-electron chi connectivity index (χ0n) is 15.5. The molecule has 0 aliphatic carbocycles.